The number of hydrazine groups is 1. The van der Waals surface area contributed by atoms with Crippen molar-refractivity contribution >= 4 is 29.3 Å². The van der Waals surface area contributed by atoms with E-state index in [9.17, 15) is 9.59 Å². The standard InChI is InChI=1S/C21H27ClN4O3/c1-21(2,3)29-20(28)26(13-15-7-5-4-6-8-15)14-18(19(27)25-23)24-17-11-9-16(22)10-12-17/h4-12,18,24H,13-14,23H2,1-3H3,(H,25,27)/t18-/m0/s1. The Balaban J connectivity index is 2.23. The van der Waals surface area contributed by atoms with Crippen molar-refractivity contribution in [1.82, 2.24) is 10.3 Å². The highest BCUT2D eigenvalue weighted by atomic mass is 35.5. The van der Waals surface area contributed by atoms with Crippen LogP contribution in [0.5, 0.6) is 0 Å². The number of carbonyl (C=O) groups excluding carboxylic acids is 2. The van der Waals surface area contributed by atoms with Crippen LogP contribution < -0.4 is 16.6 Å². The molecule has 0 bridgehead atoms. The molecule has 0 radical (unpaired) electrons. The minimum atomic E-state index is -0.794. The molecule has 2 rings (SSSR count). The zero-order chi connectivity index (χ0) is 21.4. The molecule has 0 fully saturated rings. The molecule has 1 atom stereocenters. The number of anilines is 1. The SMILES string of the molecule is CC(C)(C)OC(=O)N(Cc1ccccc1)C[C@H](Nc1ccc(Cl)cc1)C(=O)NN. The van der Waals surface area contributed by atoms with E-state index in [4.69, 9.17) is 22.2 Å². The minimum Gasteiger partial charge on any atom is -0.444 e. The average Bonchev–Trinajstić information content (AvgIpc) is 2.67. The summed E-state index contributed by atoms with van der Waals surface area (Å²) in [6.45, 7) is 5.72. The molecule has 0 aliphatic rings. The molecule has 7 nitrogen and oxygen atoms in total. The van der Waals surface area contributed by atoms with Crippen LogP contribution in [0.3, 0.4) is 0 Å². The fourth-order valence-electron chi connectivity index (χ4n) is 2.60. The molecule has 156 valence electrons. The Morgan fingerprint density at radius 2 is 1.72 bits per heavy atom. The van der Waals surface area contributed by atoms with Crippen LogP contribution in [0.1, 0.15) is 26.3 Å². The quantitative estimate of drug-likeness (QED) is 0.363. The van der Waals surface area contributed by atoms with Gasteiger partial charge in [-0.05, 0) is 50.6 Å². The van der Waals surface area contributed by atoms with Gasteiger partial charge in [0.1, 0.15) is 11.6 Å². The second-order valence-electron chi connectivity index (χ2n) is 7.56. The Morgan fingerprint density at radius 3 is 2.28 bits per heavy atom. The van der Waals surface area contributed by atoms with Crippen molar-refractivity contribution in [3.63, 3.8) is 0 Å². The van der Waals surface area contributed by atoms with Gasteiger partial charge in [-0.3, -0.25) is 10.2 Å². The highest BCUT2D eigenvalue weighted by Crippen LogP contribution is 2.17. The third-order valence-electron chi connectivity index (χ3n) is 3.91. The van der Waals surface area contributed by atoms with E-state index in [0.717, 1.165) is 5.56 Å². The third-order valence-corrected chi connectivity index (χ3v) is 4.17. The molecule has 4 N–H and O–H groups in total. The van der Waals surface area contributed by atoms with Gasteiger partial charge < -0.3 is 15.0 Å². The molecule has 2 amide bonds. The van der Waals surface area contributed by atoms with E-state index in [1.165, 1.54) is 4.90 Å². The molecule has 0 saturated carbocycles. The Hall–Kier alpha value is -2.77. The summed E-state index contributed by atoms with van der Waals surface area (Å²) in [7, 11) is 0. The highest BCUT2D eigenvalue weighted by Gasteiger charge is 2.28. The summed E-state index contributed by atoms with van der Waals surface area (Å²) in [5, 5.41) is 3.67. The van der Waals surface area contributed by atoms with Gasteiger partial charge in [0.05, 0.1) is 6.54 Å². The van der Waals surface area contributed by atoms with E-state index in [1.807, 2.05) is 30.3 Å². The van der Waals surface area contributed by atoms with Gasteiger partial charge in [-0.2, -0.15) is 0 Å². The highest BCUT2D eigenvalue weighted by molar-refractivity contribution is 6.30. The Kier molecular flexibility index (Phi) is 7.87. The summed E-state index contributed by atoms with van der Waals surface area (Å²) < 4.78 is 5.53. The maximum absolute atomic E-state index is 12.8. The molecule has 2 aromatic carbocycles. The maximum Gasteiger partial charge on any atom is 0.410 e. The Labute approximate surface area is 176 Å². The maximum atomic E-state index is 12.8. The van der Waals surface area contributed by atoms with Crippen molar-refractivity contribution in [1.29, 1.82) is 0 Å². The topological polar surface area (TPSA) is 96.7 Å². The monoisotopic (exact) mass is 418 g/mol. The fraction of sp³-hybridized carbons (Fsp3) is 0.333. The van der Waals surface area contributed by atoms with Gasteiger partial charge in [0.2, 0.25) is 0 Å². The zero-order valence-electron chi connectivity index (χ0n) is 16.8. The predicted octanol–water partition coefficient (Wildman–Crippen LogP) is 3.55. The average molecular weight is 419 g/mol. The number of amides is 2. The van der Waals surface area contributed by atoms with Crippen LogP contribution in [0.15, 0.2) is 54.6 Å². The van der Waals surface area contributed by atoms with Gasteiger partial charge in [-0.1, -0.05) is 41.9 Å². The number of carbonyl (C=O) groups is 2. The Bertz CT molecular complexity index is 807. The molecule has 0 aliphatic heterocycles. The molecule has 0 unspecified atom stereocenters. The first-order valence-electron chi connectivity index (χ1n) is 9.22. The summed E-state index contributed by atoms with van der Waals surface area (Å²) in [5.74, 6) is 4.90. The number of halogens is 1. The molecule has 29 heavy (non-hydrogen) atoms. The molecular weight excluding hydrogens is 392 g/mol. The van der Waals surface area contributed by atoms with Crippen molar-refractivity contribution in [2.75, 3.05) is 11.9 Å². The second kappa shape index (κ2) is 10.1. The number of benzene rings is 2. The fourth-order valence-corrected chi connectivity index (χ4v) is 2.72. The van der Waals surface area contributed by atoms with E-state index in [1.54, 1.807) is 45.0 Å². The second-order valence-corrected chi connectivity index (χ2v) is 8.00. The van der Waals surface area contributed by atoms with E-state index < -0.39 is 23.6 Å². The molecular formula is C21H27ClN4O3. The number of hydrogen-bond acceptors (Lipinski definition) is 5. The van der Waals surface area contributed by atoms with Crippen LogP contribution >= 0.6 is 11.6 Å². The molecule has 0 spiro atoms. The van der Waals surface area contributed by atoms with Crippen LogP contribution in [0.2, 0.25) is 5.02 Å². The largest absolute Gasteiger partial charge is 0.444 e. The van der Waals surface area contributed by atoms with Crippen LogP contribution in [0.4, 0.5) is 10.5 Å². The van der Waals surface area contributed by atoms with Crippen molar-refractivity contribution in [3.8, 4) is 0 Å². The normalized spacial score (nSPS) is 12.0. The van der Waals surface area contributed by atoms with Crippen LogP contribution in [-0.4, -0.2) is 35.1 Å². The van der Waals surface area contributed by atoms with E-state index >= 15 is 0 Å². The summed E-state index contributed by atoms with van der Waals surface area (Å²) in [6.07, 6.45) is -0.519. The van der Waals surface area contributed by atoms with Gasteiger partial charge in [-0.15, -0.1) is 0 Å². The van der Waals surface area contributed by atoms with Crippen LogP contribution in [-0.2, 0) is 16.1 Å². The third kappa shape index (κ3) is 7.63. The molecule has 0 saturated heterocycles. The van der Waals surface area contributed by atoms with Gasteiger partial charge in [0.25, 0.3) is 5.91 Å². The summed E-state index contributed by atoms with van der Waals surface area (Å²) in [6, 6.07) is 15.6. The van der Waals surface area contributed by atoms with Gasteiger partial charge >= 0.3 is 6.09 Å². The molecule has 0 aliphatic carbocycles. The number of nitrogens with two attached hydrogens (primary N) is 1. The van der Waals surface area contributed by atoms with Crippen LogP contribution in [0.25, 0.3) is 0 Å². The lowest BCUT2D eigenvalue weighted by molar-refractivity contribution is -0.122. The molecule has 2 aromatic rings. The van der Waals surface area contributed by atoms with Crippen molar-refractivity contribution < 1.29 is 14.3 Å². The van der Waals surface area contributed by atoms with E-state index in [0.29, 0.717) is 10.7 Å². The molecule has 0 heterocycles. The van der Waals surface area contributed by atoms with Crippen molar-refractivity contribution in [2.24, 2.45) is 5.84 Å². The lowest BCUT2D eigenvalue weighted by Gasteiger charge is -2.30. The number of hydrogen-bond donors (Lipinski definition) is 3. The van der Waals surface area contributed by atoms with Gasteiger partial charge in [-0.25, -0.2) is 10.6 Å². The lowest BCUT2D eigenvalue weighted by Crippen LogP contribution is -2.51. The van der Waals surface area contributed by atoms with Gasteiger partial charge in [0, 0.05) is 17.3 Å². The summed E-state index contributed by atoms with van der Waals surface area (Å²) >= 11 is 5.92. The zero-order valence-corrected chi connectivity index (χ0v) is 17.6. The number of nitrogens with zero attached hydrogens (tertiary/aromatic N) is 1. The first-order valence-corrected chi connectivity index (χ1v) is 9.60. The first-order chi connectivity index (χ1) is 13.7. The van der Waals surface area contributed by atoms with E-state index in [2.05, 4.69) is 10.7 Å². The molecule has 8 heteroatoms. The summed E-state index contributed by atoms with van der Waals surface area (Å²) in [4.78, 5) is 26.7. The number of nitrogens with one attached hydrogen (secondary N) is 2. The van der Waals surface area contributed by atoms with Gasteiger partial charge in [0.15, 0.2) is 0 Å². The number of rotatable bonds is 7. The molecule has 0 aromatic heterocycles. The predicted molar refractivity (Wildman–Crippen MR) is 114 cm³/mol. The summed E-state index contributed by atoms with van der Waals surface area (Å²) in [5.41, 5.74) is 3.07. The lowest BCUT2D eigenvalue weighted by atomic mass is 10.1. The minimum absolute atomic E-state index is 0.0511. The van der Waals surface area contributed by atoms with Crippen molar-refractivity contribution in [2.45, 2.75) is 39.0 Å². The Morgan fingerprint density at radius 1 is 1.10 bits per heavy atom. The van der Waals surface area contributed by atoms with E-state index in [-0.39, 0.29) is 13.1 Å². The number of ether oxygens (including phenoxy) is 1. The smallest absolute Gasteiger partial charge is 0.410 e. The first kappa shape index (κ1) is 22.5. The van der Waals surface area contributed by atoms with Crippen LogP contribution in [0, 0.1) is 0 Å². The van der Waals surface area contributed by atoms with Crippen molar-refractivity contribution in [3.05, 3.63) is 65.2 Å².